The monoisotopic (exact) mass is 445 g/mol. The van der Waals surface area contributed by atoms with E-state index in [1.807, 2.05) is 13.8 Å². The number of aliphatic hydroxyl groups excluding tert-OH is 1. The Hall–Kier alpha value is -0.920. The third-order valence-corrected chi connectivity index (χ3v) is 6.48. The summed E-state index contributed by atoms with van der Waals surface area (Å²) >= 11 is 9.18. The van der Waals surface area contributed by atoms with E-state index in [0.29, 0.717) is 10.6 Å². The second-order valence-electron chi connectivity index (χ2n) is 5.98. The fourth-order valence-electron chi connectivity index (χ4n) is 2.47. The second-order valence-corrected chi connectivity index (χ2v) is 9.05. The summed E-state index contributed by atoms with van der Waals surface area (Å²) in [6.07, 6.45) is -0.254. The van der Waals surface area contributed by atoms with Crippen LogP contribution in [-0.2, 0) is 10.0 Å². The zero-order valence-corrected chi connectivity index (χ0v) is 17.1. The maximum Gasteiger partial charge on any atom is 0.240 e. The summed E-state index contributed by atoms with van der Waals surface area (Å²) in [7, 11) is -3.75. The second kappa shape index (κ2) is 8.64. The summed E-state index contributed by atoms with van der Waals surface area (Å²) in [5.41, 5.74) is 0.619. The van der Waals surface area contributed by atoms with E-state index in [1.54, 1.807) is 36.4 Å². The number of nitrogens with one attached hydrogen (secondary N) is 1. The van der Waals surface area contributed by atoms with Crippen molar-refractivity contribution in [3.8, 4) is 0 Å². The van der Waals surface area contributed by atoms with Gasteiger partial charge in [-0.1, -0.05) is 59.9 Å². The van der Waals surface area contributed by atoms with Gasteiger partial charge in [0.15, 0.2) is 0 Å². The average Bonchev–Trinajstić information content (AvgIpc) is 2.59. The molecule has 0 saturated carbocycles. The fraction of sp³-hybridized carbons (Fsp3) is 0.333. The SMILES string of the molecule is CCC(C)C(NS(=O)(=O)c1ccc(Br)cc1)C(O)c1ccc(Cl)cc1. The van der Waals surface area contributed by atoms with Gasteiger partial charge in [0.05, 0.1) is 17.0 Å². The van der Waals surface area contributed by atoms with Crippen molar-refractivity contribution in [3.63, 3.8) is 0 Å². The first-order chi connectivity index (χ1) is 11.7. The molecule has 2 rings (SSSR count). The molecule has 0 fully saturated rings. The number of sulfonamides is 1. The van der Waals surface area contributed by atoms with Crippen LogP contribution in [0.15, 0.2) is 57.9 Å². The van der Waals surface area contributed by atoms with Crippen molar-refractivity contribution in [1.29, 1.82) is 0 Å². The lowest BCUT2D eigenvalue weighted by molar-refractivity contribution is 0.112. The molecule has 0 saturated heterocycles. The molecule has 2 aromatic carbocycles. The largest absolute Gasteiger partial charge is 0.387 e. The minimum absolute atomic E-state index is 0.0594. The van der Waals surface area contributed by atoms with Crippen LogP contribution >= 0.6 is 27.5 Å². The van der Waals surface area contributed by atoms with Gasteiger partial charge in [-0.25, -0.2) is 13.1 Å². The predicted octanol–water partition coefficient (Wildman–Crippen LogP) is 4.53. The Morgan fingerprint density at radius 1 is 1.12 bits per heavy atom. The Morgan fingerprint density at radius 2 is 1.68 bits per heavy atom. The van der Waals surface area contributed by atoms with Gasteiger partial charge in [-0.3, -0.25) is 0 Å². The molecular weight excluding hydrogens is 426 g/mol. The molecule has 0 radical (unpaired) electrons. The van der Waals surface area contributed by atoms with Gasteiger partial charge in [-0.15, -0.1) is 0 Å². The normalized spacial score (nSPS) is 15.6. The van der Waals surface area contributed by atoms with Gasteiger partial charge in [-0.05, 0) is 47.9 Å². The van der Waals surface area contributed by atoms with Crippen LogP contribution in [0.25, 0.3) is 0 Å². The summed E-state index contributed by atoms with van der Waals surface area (Å²) in [6.45, 7) is 3.87. The van der Waals surface area contributed by atoms with E-state index >= 15 is 0 Å². The first-order valence-electron chi connectivity index (χ1n) is 7.96. The molecule has 0 spiro atoms. The molecule has 0 amide bonds. The number of halogens is 2. The molecule has 3 atom stereocenters. The number of aliphatic hydroxyl groups is 1. The summed E-state index contributed by atoms with van der Waals surface area (Å²) in [5.74, 6) is -0.0594. The average molecular weight is 447 g/mol. The van der Waals surface area contributed by atoms with E-state index < -0.39 is 22.2 Å². The highest BCUT2D eigenvalue weighted by Gasteiger charge is 2.30. The van der Waals surface area contributed by atoms with Gasteiger partial charge < -0.3 is 5.11 Å². The van der Waals surface area contributed by atoms with Gasteiger partial charge in [0.2, 0.25) is 10.0 Å². The Bertz CT molecular complexity index is 794. The quantitative estimate of drug-likeness (QED) is 0.656. The number of benzene rings is 2. The summed E-state index contributed by atoms with van der Waals surface area (Å²) in [5, 5.41) is 11.3. The summed E-state index contributed by atoms with van der Waals surface area (Å²) in [6, 6.07) is 12.5. The molecule has 3 unspecified atom stereocenters. The van der Waals surface area contributed by atoms with Crippen molar-refractivity contribution in [3.05, 3.63) is 63.6 Å². The lowest BCUT2D eigenvalue weighted by Crippen LogP contribution is -2.43. The van der Waals surface area contributed by atoms with Crippen LogP contribution in [0.5, 0.6) is 0 Å². The molecule has 136 valence electrons. The van der Waals surface area contributed by atoms with Crippen molar-refractivity contribution >= 4 is 37.6 Å². The van der Waals surface area contributed by atoms with Gasteiger partial charge in [0, 0.05) is 9.50 Å². The Labute approximate surface area is 162 Å². The Morgan fingerprint density at radius 3 is 2.20 bits per heavy atom. The maximum absolute atomic E-state index is 12.7. The molecule has 2 N–H and O–H groups in total. The molecule has 0 aromatic heterocycles. The molecule has 0 bridgehead atoms. The third kappa shape index (κ3) is 5.28. The molecule has 0 aliphatic rings. The van der Waals surface area contributed by atoms with E-state index in [9.17, 15) is 13.5 Å². The van der Waals surface area contributed by atoms with Crippen molar-refractivity contribution < 1.29 is 13.5 Å². The van der Waals surface area contributed by atoms with Crippen LogP contribution in [-0.4, -0.2) is 19.6 Å². The Kier molecular flexibility index (Phi) is 7.05. The summed E-state index contributed by atoms with van der Waals surface area (Å²) in [4.78, 5) is 0.160. The van der Waals surface area contributed by atoms with Gasteiger partial charge in [-0.2, -0.15) is 0 Å². The molecule has 7 heteroatoms. The lowest BCUT2D eigenvalue weighted by atomic mass is 9.91. The molecule has 4 nitrogen and oxygen atoms in total. The molecule has 0 aliphatic carbocycles. The van der Waals surface area contributed by atoms with Crippen molar-refractivity contribution in [1.82, 2.24) is 4.72 Å². The Balaban J connectivity index is 2.31. The van der Waals surface area contributed by atoms with E-state index in [1.165, 1.54) is 12.1 Å². The predicted molar refractivity (Wildman–Crippen MR) is 104 cm³/mol. The summed E-state index contributed by atoms with van der Waals surface area (Å²) < 4.78 is 28.9. The fourth-order valence-corrected chi connectivity index (χ4v) is 4.21. The first-order valence-corrected chi connectivity index (χ1v) is 10.6. The van der Waals surface area contributed by atoms with Crippen LogP contribution in [0.3, 0.4) is 0 Å². The molecule has 2 aromatic rings. The van der Waals surface area contributed by atoms with Gasteiger partial charge in [0.1, 0.15) is 0 Å². The van der Waals surface area contributed by atoms with Crippen LogP contribution in [0.1, 0.15) is 31.9 Å². The number of rotatable bonds is 7. The highest BCUT2D eigenvalue weighted by molar-refractivity contribution is 9.10. The van der Waals surface area contributed by atoms with Crippen LogP contribution in [0.2, 0.25) is 5.02 Å². The minimum atomic E-state index is -3.75. The van der Waals surface area contributed by atoms with Crippen molar-refractivity contribution in [2.75, 3.05) is 0 Å². The number of hydrogen-bond donors (Lipinski definition) is 2. The molecule has 25 heavy (non-hydrogen) atoms. The maximum atomic E-state index is 12.7. The third-order valence-electron chi connectivity index (χ3n) is 4.22. The van der Waals surface area contributed by atoms with Crippen molar-refractivity contribution in [2.45, 2.75) is 37.3 Å². The smallest absolute Gasteiger partial charge is 0.240 e. The topological polar surface area (TPSA) is 66.4 Å². The van der Waals surface area contributed by atoms with E-state index in [2.05, 4.69) is 20.7 Å². The van der Waals surface area contributed by atoms with Crippen LogP contribution in [0, 0.1) is 5.92 Å². The lowest BCUT2D eigenvalue weighted by Gasteiger charge is -2.29. The van der Waals surface area contributed by atoms with Gasteiger partial charge >= 0.3 is 0 Å². The number of hydrogen-bond acceptors (Lipinski definition) is 3. The molecular formula is C18H21BrClNO3S. The van der Waals surface area contributed by atoms with E-state index in [0.717, 1.165) is 10.9 Å². The van der Waals surface area contributed by atoms with Gasteiger partial charge in [0.25, 0.3) is 0 Å². The van der Waals surface area contributed by atoms with Crippen LogP contribution in [0.4, 0.5) is 0 Å². The van der Waals surface area contributed by atoms with Crippen molar-refractivity contribution in [2.24, 2.45) is 5.92 Å². The van der Waals surface area contributed by atoms with Crippen LogP contribution < -0.4 is 4.72 Å². The standard InChI is InChI=1S/C18H21BrClNO3S/c1-3-12(2)17(18(22)13-4-8-15(20)9-5-13)21-25(23,24)16-10-6-14(19)7-11-16/h4-12,17-18,21-22H,3H2,1-2H3. The zero-order chi connectivity index (χ0) is 18.6. The van der Waals surface area contributed by atoms with E-state index in [4.69, 9.17) is 11.6 Å². The molecule has 0 aliphatic heterocycles. The highest BCUT2D eigenvalue weighted by atomic mass is 79.9. The minimum Gasteiger partial charge on any atom is -0.387 e. The first kappa shape index (κ1) is 20.4. The molecule has 0 heterocycles. The zero-order valence-electron chi connectivity index (χ0n) is 14.0. The highest BCUT2D eigenvalue weighted by Crippen LogP contribution is 2.27. The van der Waals surface area contributed by atoms with E-state index in [-0.39, 0.29) is 10.8 Å².